The lowest BCUT2D eigenvalue weighted by Gasteiger charge is -2.13. The molecule has 146 valence electrons. The van der Waals surface area contributed by atoms with Crippen LogP contribution < -0.4 is 11.1 Å². The molecule has 0 aliphatic heterocycles. The normalized spacial score (nSPS) is 13.7. The van der Waals surface area contributed by atoms with Crippen LogP contribution in [0.3, 0.4) is 0 Å². The SMILES string of the molecule is NC(=O)c1ccc(-c2cnc3c(NCc4ccco4)nccn23)c(C2CC2)c1O. The Morgan fingerprint density at radius 2 is 2.17 bits per heavy atom. The molecule has 1 saturated carbocycles. The third-order valence-electron chi connectivity index (χ3n) is 5.18. The van der Waals surface area contributed by atoms with Gasteiger partial charge in [0, 0.05) is 23.5 Å². The molecule has 0 unspecified atom stereocenters. The van der Waals surface area contributed by atoms with Crippen molar-refractivity contribution in [2.24, 2.45) is 5.73 Å². The molecule has 1 fully saturated rings. The number of imidazole rings is 1. The number of primary amides is 1. The van der Waals surface area contributed by atoms with Gasteiger partial charge in [-0.2, -0.15) is 0 Å². The molecule has 0 spiro atoms. The minimum Gasteiger partial charge on any atom is -0.507 e. The fourth-order valence-electron chi connectivity index (χ4n) is 3.64. The Bertz CT molecular complexity index is 1210. The summed E-state index contributed by atoms with van der Waals surface area (Å²) in [6.07, 6.45) is 8.83. The fraction of sp³-hybridized carbons (Fsp3) is 0.190. The number of aromatic hydroxyl groups is 1. The predicted octanol–water partition coefficient (Wildman–Crippen LogP) is 3.28. The molecule has 8 nitrogen and oxygen atoms in total. The smallest absolute Gasteiger partial charge is 0.252 e. The van der Waals surface area contributed by atoms with Crippen molar-refractivity contribution in [2.45, 2.75) is 25.3 Å². The number of fused-ring (bicyclic) bond motifs is 1. The molecule has 3 heterocycles. The molecule has 0 atom stereocenters. The Balaban J connectivity index is 1.59. The van der Waals surface area contributed by atoms with E-state index in [9.17, 15) is 9.90 Å². The minimum absolute atomic E-state index is 0.0299. The summed E-state index contributed by atoms with van der Waals surface area (Å²) < 4.78 is 7.27. The summed E-state index contributed by atoms with van der Waals surface area (Å²) in [5, 5.41) is 13.9. The molecule has 5 rings (SSSR count). The molecular formula is C21H19N5O3. The van der Waals surface area contributed by atoms with Crippen molar-refractivity contribution in [1.82, 2.24) is 14.4 Å². The van der Waals surface area contributed by atoms with Gasteiger partial charge in [0.2, 0.25) is 0 Å². The van der Waals surface area contributed by atoms with E-state index in [0.29, 0.717) is 18.0 Å². The highest BCUT2D eigenvalue weighted by atomic mass is 16.3. The number of anilines is 1. The quantitative estimate of drug-likeness (QED) is 0.466. The summed E-state index contributed by atoms with van der Waals surface area (Å²) in [4.78, 5) is 20.6. The van der Waals surface area contributed by atoms with E-state index in [1.807, 2.05) is 28.8 Å². The van der Waals surface area contributed by atoms with Crippen molar-refractivity contribution in [3.05, 3.63) is 66.0 Å². The zero-order valence-corrected chi connectivity index (χ0v) is 15.5. The van der Waals surface area contributed by atoms with Crippen LogP contribution in [0.2, 0.25) is 0 Å². The number of hydrogen-bond donors (Lipinski definition) is 3. The van der Waals surface area contributed by atoms with Crippen LogP contribution in [0.15, 0.2) is 53.5 Å². The van der Waals surface area contributed by atoms with Crippen molar-refractivity contribution in [1.29, 1.82) is 0 Å². The number of nitrogens with two attached hydrogens (primary N) is 1. The Hall–Kier alpha value is -3.81. The largest absolute Gasteiger partial charge is 0.507 e. The van der Waals surface area contributed by atoms with Gasteiger partial charge >= 0.3 is 0 Å². The van der Waals surface area contributed by atoms with Crippen LogP contribution in [0.4, 0.5) is 5.82 Å². The van der Waals surface area contributed by atoms with Crippen LogP contribution in [0.1, 0.15) is 40.4 Å². The molecule has 1 aromatic carbocycles. The summed E-state index contributed by atoms with van der Waals surface area (Å²) in [5.74, 6) is 0.971. The van der Waals surface area contributed by atoms with Crippen LogP contribution >= 0.6 is 0 Å². The second-order valence-corrected chi connectivity index (χ2v) is 7.11. The second kappa shape index (κ2) is 6.66. The first-order valence-electron chi connectivity index (χ1n) is 9.38. The number of nitrogens with one attached hydrogen (secondary N) is 1. The van der Waals surface area contributed by atoms with Crippen LogP contribution in [-0.2, 0) is 6.54 Å². The predicted molar refractivity (Wildman–Crippen MR) is 107 cm³/mol. The van der Waals surface area contributed by atoms with E-state index in [2.05, 4.69) is 15.3 Å². The monoisotopic (exact) mass is 389 g/mol. The first-order valence-corrected chi connectivity index (χ1v) is 9.38. The van der Waals surface area contributed by atoms with Crippen molar-refractivity contribution in [2.75, 3.05) is 5.32 Å². The zero-order valence-electron chi connectivity index (χ0n) is 15.5. The third-order valence-corrected chi connectivity index (χ3v) is 5.18. The number of furan rings is 1. The number of hydrogen-bond acceptors (Lipinski definition) is 6. The highest BCUT2D eigenvalue weighted by molar-refractivity contribution is 5.97. The highest BCUT2D eigenvalue weighted by Gasteiger charge is 2.32. The number of benzene rings is 1. The number of aromatic nitrogens is 3. The van der Waals surface area contributed by atoms with E-state index >= 15 is 0 Å². The summed E-state index contributed by atoms with van der Waals surface area (Å²) in [7, 11) is 0. The lowest BCUT2D eigenvalue weighted by atomic mass is 9.96. The Labute approximate surface area is 166 Å². The van der Waals surface area contributed by atoms with E-state index < -0.39 is 5.91 Å². The Morgan fingerprint density at radius 3 is 2.90 bits per heavy atom. The van der Waals surface area contributed by atoms with Gasteiger partial charge in [-0.25, -0.2) is 9.97 Å². The molecule has 3 aromatic heterocycles. The molecule has 1 aliphatic rings. The lowest BCUT2D eigenvalue weighted by Crippen LogP contribution is -2.12. The van der Waals surface area contributed by atoms with E-state index in [4.69, 9.17) is 10.2 Å². The molecular weight excluding hydrogens is 370 g/mol. The number of phenols is 1. The van der Waals surface area contributed by atoms with Gasteiger partial charge in [0.1, 0.15) is 11.5 Å². The fourth-order valence-corrected chi connectivity index (χ4v) is 3.64. The highest BCUT2D eigenvalue weighted by Crippen LogP contribution is 2.49. The van der Waals surface area contributed by atoms with Gasteiger partial charge in [-0.15, -0.1) is 0 Å². The van der Waals surface area contributed by atoms with Crippen molar-refractivity contribution in [3.8, 4) is 17.0 Å². The first-order chi connectivity index (χ1) is 14.1. The molecule has 8 heteroatoms. The number of nitrogens with zero attached hydrogens (tertiary/aromatic N) is 3. The number of rotatable bonds is 6. The summed E-state index contributed by atoms with van der Waals surface area (Å²) in [5.41, 5.74) is 8.63. The van der Waals surface area contributed by atoms with Gasteiger partial charge in [-0.1, -0.05) is 6.07 Å². The second-order valence-electron chi connectivity index (χ2n) is 7.11. The average molecular weight is 389 g/mol. The molecule has 0 bridgehead atoms. The van der Waals surface area contributed by atoms with Crippen LogP contribution in [0.25, 0.3) is 16.9 Å². The lowest BCUT2D eigenvalue weighted by molar-refractivity contribution is 0.0997. The van der Waals surface area contributed by atoms with Crippen LogP contribution in [0, 0.1) is 0 Å². The maximum absolute atomic E-state index is 11.7. The summed E-state index contributed by atoms with van der Waals surface area (Å²) in [6.45, 7) is 0.489. The number of amides is 1. The van der Waals surface area contributed by atoms with E-state index in [1.54, 1.807) is 24.7 Å². The topological polar surface area (TPSA) is 119 Å². The third kappa shape index (κ3) is 2.98. The molecule has 4 aromatic rings. The van der Waals surface area contributed by atoms with Gasteiger partial charge in [-0.3, -0.25) is 9.20 Å². The van der Waals surface area contributed by atoms with Crippen LogP contribution in [-0.4, -0.2) is 25.4 Å². The molecule has 1 amide bonds. The standard InChI is InChI=1S/C21H19N5O3/c22-19(28)15-6-5-14(17(18(15)27)12-3-4-12)16-11-25-21-20(23-7-8-26(16)21)24-10-13-2-1-9-29-13/h1-2,5-9,11-12,27H,3-4,10H2,(H2,22,28)(H,23,24). The first kappa shape index (κ1) is 17.3. The maximum Gasteiger partial charge on any atom is 0.252 e. The van der Waals surface area contributed by atoms with Gasteiger partial charge in [0.15, 0.2) is 11.5 Å². The van der Waals surface area contributed by atoms with Gasteiger partial charge in [0.05, 0.1) is 30.3 Å². The molecule has 0 radical (unpaired) electrons. The van der Waals surface area contributed by atoms with Crippen LogP contribution in [0.5, 0.6) is 5.75 Å². The zero-order chi connectivity index (χ0) is 20.0. The molecule has 0 saturated heterocycles. The summed E-state index contributed by atoms with van der Waals surface area (Å²) >= 11 is 0. The molecule has 4 N–H and O–H groups in total. The summed E-state index contributed by atoms with van der Waals surface area (Å²) in [6, 6.07) is 7.11. The van der Waals surface area contributed by atoms with Crippen molar-refractivity contribution < 1.29 is 14.3 Å². The maximum atomic E-state index is 11.7. The van der Waals surface area contributed by atoms with Gasteiger partial charge in [-0.05, 0) is 37.0 Å². The number of carbonyl (C=O) groups excluding carboxylic acids is 1. The Kier molecular flexibility index (Phi) is 3.97. The Morgan fingerprint density at radius 1 is 1.31 bits per heavy atom. The molecule has 29 heavy (non-hydrogen) atoms. The average Bonchev–Trinajstić information content (AvgIpc) is 3.24. The van der Waals surface area contributed by atoms with E-state index in [0.717, 1.165) is 35.4 Å². The van der Waals surface area contributed by atoms with Gasteiger partial charge < -0.3 is 20.6 Å². The minimum atomic E-state index is -0.636. The van der Waals surface area contributed by atoms with Gasteiger partial charge in [0.25, 0.3) is 5.91 Å². The van der Waals surface area contributed by atoms with E-state index in [-0.39, 0.29) is 17.2 Å². The molecule has 1 aliphatic carbocycles. The number of carbonyl (C=O) groups is 1. The van der Waals surface area contributed by atoms with Crippen molar-refractivity contribution in [3.63, 3.8) is 0 Å². The van der Waals surface area contributed by atoms with E-state index in [1.165, 1.54) is 0 Å². The van der Waals surface area contributed by atoms with Crippen molar-refractivity contribution >= 4 is 17.4 Å².